The lowest BCUT2D eigenvalue weighted by atomic mass is 9.61. The highest BCUT2D eigenvalue weighted by molar-refractivity contribution is 8.01. The van der Waals surface area contributed by atoms with Gasteiger partial charge in [-0.3, -0.25) is 14.7 Å². The van der Waals surface area contributed by atoms with Gasteiger partial charge in [0.2, 0.25) is 0 Å². The molecule has 9 heteroatoms. The maximum atomic E-state index is 8.92. The molecule has 37 atom stereocenters. The molecule has 6 aliphatic heterocycles. The van der Waals surface area contributed by atoms with Gasteiger partial charge in [-0.15, -0.1) is 0 Å². The zero-order valence-corrected chi connectivity index (χ0v) is 98.9. The van der Waals surface area contributed by atoms with Crippen molar-refractivity contribution in [3.05, 3.63) is 0 Å². The molecule has 0 aromatic rings. The van der Waals surface area contributed by atoms with E-state index < -0.39 is 64.0 Å². The minimum atomic E-state index is -0.971. The van der Waals surface area contributed by atoms with Crippen LogP contribution in [0.3, 0.4) is 0 Å². The third-order valence-electron chi connectivity index (χ3n) is 53.3. The van der Waals surface area contributed by atoms with Crippen LogP contribution in [0.2, 0.25) is 0 Å². The molecule has 6 saturated heterocycles. The predicted octanol–water partition coefficient (Wildman–Crippen LogP) is 38.0. The highest BCUT2D eigenvalue weighted by Crippen LogP contribution is 2.69. The van der Waals surface area contributed by atoms with Crippen LogP contribution in [0, 0.1) is 177 Å². The molecule has 0 bridgehead atoms. The lowest BCUT2D eigenvalue weighted by molar-refractivity contribution is -0.0208. The van der Waals surface area contributed by atoms with E-state index in [1.807, 2.05) is 0 Å². The monoisotopic (exact) mass is 2110 g/mol. The molecule has 28 rings (SSSR count). The van der Waals surface area contributed by atoms with Gasteiger partial charge in [0.05, 0.1) is 36.6 Å². The van der Waals surface area contributed by atoms with E-state index in [1.165, 1.54) is 276 Å². The van der Waals surface area contributed by atoms with E-state index in [0.29, 0.717) is 82.0 Å². The normalized spacial score (nSPS) is 56.3. The summed E-state index contributed by atoms with van der Waals surface area (Å²) < 4.78 is 107. The molecular weight excluding hydrogens is 1870 g/mol. The first-order chi connectivity index (χ1) is 77.3. The van der Waals surface area contributed by atoms with Crippen LogP contribution in [0.25, 0.3) is 0 Å². The second-order valence-electron chi connectivity index (χ2n) is 61.8. The molecule has 6 nitrogen and oxygen atoms in total. The van der Waals surface area contributed by atoms with Crippen molar-refractivity contribution in [2.45, 2.75) is 697 Å². The minimum Gasteiger partial charge on any atom is -0.374 e. The van der Waals surface area contributed by atoms with Gasteiger partial charge in [0, 0.05) is 117 Å². The van der Waals surface area contributed by atoms with E-state index in [4.69, 9.17) is 27.9 Å². The van der Waals surface area contributed by atoms with Crippen LogP contribution in [-0.2, 0) is 14.2 Å². The Morgan fingerprint density at radius 3 is 0.685 bits per heavy atom. The molecule has 28 fully saturated rings. The van der Waals surface area contributed by atoms with Crippen LogP contribution >= 0.6 is 35.3 Å². The number of thioether (sulfide) groups is 3. The van der Waals surface area contributed by atoms with Crippen molar-refractivity contribution in [3.63, 3.8) is 0 Å². The van der Waals surface area contributed by atoms with Gasteiger partial charge in [0.25, 0.3) is 0 Å². The third kappa shape index (κ3) is 23.0. The molecule has 22 saturated carbocycles. The largest absolute Gasteiger partial charge is 0.374 e. The lowest BCUT2D eigenvalue weighted by Crippen LogP contribution is -2.57. The number of rotatable bonds is 16. The van der Waals surface area contributed by atoms with Gasteiger partial charge in [-0.1, -0.05) is 240 Å². The molecular formula is C140H233N3O3S3. The van der Waals surface area contributed by atoms with E-state index in [-0.39, 0.29) is 23.7 Å². The first-order valence-corrected chi connectivity index (χ1v) is 71.6. The Labute approximate surface area is 944 Å². The summed E-state index contributed by atoms with van der Waals surface area (Å²) in [5, 5.41) is 5.03. The smallest absolute Gasteiger partial charge is 0.0621 e. The van der Waals surface area contributed by atoms with Gasteiger partial charge in [0.1, 0.15) is 0 Å². The SMILES string of the molecule is C1CCC(C2CCC(N(C3CCC(C4CCCCC4C4CCCCC4)CC3)C3CCCC4C5CCC6OC7CCCCC7C6C5SC43)CC2)CC1.CC(C)(C)C1CCC(C2CCC(N(C3CCC(C4CCC(C(C)(C)C)CC4)CC3)C3CCCC4C5CCC6OC7CCCCC7C6C5SC43)CC2)CC1.[2H]C1C([2H])C([2H])C(C2CCC(N(C3CCC(C4C([2H])C([2H])C([2H])C([2H])C4[2H])CC3)C3CCCC4C5CCC6OC7CCCCC7C6C5SC43)CC2)C([2H])C1[2H]. The van der Waals surface area contributed by atoms with Crippen molar-refractivity contribution < 1.29 is 27.9 Å². The highest BCUT2D eigenvalue weighted by atomic mass is 32.2. The summed E-state index contributed by atoms with van der Waals surface area (Å²) in [6, 6.07) is 6.65. The van der Waals surface area contributed by atoms with Crippen molar-refractivity contribution >= 4 is 35.3 Å². The minimum absolute atomic E-state index is 0.170. The fraction of sp³-hybridized carbons (Fsp3) is 1.00. The Kier molecular flexibility index (Phi) is 31.9. The Balaban J connectivity index is 0.000000118. The van der Waals surface area contributed by atoms with Crippen LogP contribution < -0.4 is 0 Å². The Morgan fingerprint density at radius 1 is 0.174 bits per heavy atom. The Morgan fingerprint density at radius 2 is 0.396 bits per heavy atom. The van der Waals surface area contributed by atoms with Crippen molar-refractivity contribution in [1.29, 1.82) is 0 Å². The molecule has 149 heavy (non-hydrogen) atoms. The average molecular weight is 2110 g/mol. The summed E-state index contributed by atoms with van der Waals surface area (Å²) in [7, 11) is 0. The summed E-state index contributed by atoms with van der Waals surface area (Å²) >= 11 is 7.60. The molecule has 0 aromatic carbocycles. The van der Waals surface area contributed by atoms with E-state index >= 15 is 0 Å². The van der Waals surface area contributed by atoms with Gasteiger partial charge >= 0.3 is 0 Å². The predicted molar refractivity (Wildman–Crippen MR) is 631 cm³/mol. The van der Waals surface area contributed by atoms with Crippen LogP contribution in [0.1, 0.15) is 588 Å². The van der Waals surface area contributed by atoms with Crippen LogP contribution in [-0.4, -0.2) is 137 Å². The van der Waals surface area contributed by atoms with E-state index in [9.17, 15) is 0 Å². The zero-order chi connectivity index (χ0) is 109. The van der Waals surface area contributed by atoms with Gasteiger partial charge in [-0.05, 0) is 493 Å². The molecule has 0 radical (unpaired) electrons. The Hall–Kier alpha value is 0.810. The maximum absolute atomic E-state index is 8.92. The van der Waals surface area contributed by atoms with E-state index in [2.05, 4.69) is 91.5 Å². The van der Waals surface area contributed by atoms with Gasteiger partial charge in [-0.2, -0.15) is 35.3 Å². The molecule has 0 spiro atoms. The van der Waals surface area contributed by atoms with Crippen molar-refractivity contribution in [2.24, 2.45) is 177 Å². The van der Waals surface area contributed by atoms with Crippen molar-refractivity contribution in [3.8, 4) is 0 Å². The molecule has 0 amide bonds. The second kappa shape index (κ2) is 48.9. The molecule has 0 N–H and O–H groups in total. The van der Waals surface area contributed by atoms with Gasteiger partial charge in [0.15, 0.2) is 0 Å². The number of hydrogen-bond donors (Lipinski definition) is 0. The summed E-state index contributed by atoms with van der Waals surface area (Å²) in [6.45, 7) is 15.0. The van der Waals surface area contributed by atoms with Crippen LogP contribution in [0.15, 0.2) is 0 Å². The number of fused-ring (bicyclic) bond motifs is 21. The standard InChI is InChI=1S/C50H85NOS.C48H79NOS.C42H69NOS/c1-49(2,3)36-22-14-32(15-23-36)34-18-26-38(27-19-34)51(39-28-20-35(21-29-39)33-16-24-37(25-17-33)50(4,5)6)43-12-9-11-40-41-30-31-45-46(48(41)53-47(40)43)42-10-7-8-13-44(42)52-45;1-3-12-32(13-4-1)33-22-26-36(27-23-33)49(37-28-24-35(25-29-37)39-17-8-7-16-38(39)34-14-5-2-6-15-34)43-20-11-19-40-41-30-31-45-46(48(41)51-47(40)43)42-18-9-10-21-44(42)50-45;1-3-10-28(11-4-1)30-18-22-32(23-19-30)43(33-24-20-31(21-25-33)29-12-5-2-6-13-29)37-16-9-15-34-35-26-27-39-40(42(35)45-41(34)37)36-14-7-8-17-38(36)44-39/h32-48H,7-31H2,1-6H3;32-48H,1-31H2;28-42H,1-27H2/i;;1D,2D,3D,4D,5D,6D,10D,11D,12D,13D. The van der Waals surface area contributed by atoms with Crippen molar-refractivity contribution in [2.75, 3.05) is 0 Å². The van der Waals surface area contributed by atoms with E-state index in [0.717, 1.165) is 245 Å². The summed E-state index contributed by atoms with van der Waals surface area (Å²) in [6.07, 6.45) is 99.4. The second-order valence-corrected chi connectivity index (χ2v) is 65.9. The topological polar surface area (TPSA) is 37.4 Å². The molecule has 28 aliphatic rings. The number of nitrogens with zero attached hydrogens (tertiary/aromatic N) is 3. The summed E-state index contributed by atoms with van der Waals surface area (Å²) in [5.41, 5.74) is 1.01. The fourth-order valence-corrected chi connectivity index (χ4v) is 53.5. The summed E-state index contributed by atoms with van der Waals surface area (Å²) in [4.78, 5) is 9.86. The quantitative estimate of drug-likeness (QED) is 0.150. The average Bonchev–Trinajstić information content (AvgIpc) is 1.58. The zero-order valence-electron chi connectivity index (χ0n) is 106. The molecule has 37 unspecified atom stereocenters. The van der Waals surface area contributed by atoms with Gasteiger partial charge in [-0.25, -0.2) is 0 Å². The fourth-order valence-electron chi connectivity index (χ4n) is 46.1. The lowest BCUT2D eigenvalue weighted by Gasteiger charge is -2.53. The maximum Gasteiger partial charge on any atom is 0.0621 e. The van der Waals surface area contributed by atoms with Gasteiger partial charge < -0.3 is 14.2 Å². The third-order valence-corrected chi connectivity index (χ3v) is 59.2. The molecule has 22 aliphatic carbocycles. The van der Waals surface area contributed by atoms with Crippen molar-refractivity contribution in [1.82, 2.24) is 14.7 Å². The highest BCUT2D eigenvalue weighted by Gasteiger charge is 2.66. The van der Waals surface area contributed by atoms with Crippen LogP contribution in [0.5, 0.6) is 0 Å². The first-order valence-electron chi connectivity index (χ1n) is 74.5. The van der Waals surface area contributed by atoms with E-state index in [1.54, 1.807) is 141 Å². The molecule has 6 heterocycles. The number of ether oxygens (including phenoxy) is 3. The summed E-state index contributed by atoms with van der Waals surface area (Å²) in [5.74, 6) is 22.9. The molecule has 0 aromatic heterocycles. The molecule has 844 valence electrons. The first kappa shape index (κ1) is 97.1. The van der Waals surface area contributed by atoms with Crippen LogP contribution in [0.4, 0.5) is 0 Å². The number of hydrogen-bond acceptors (Lipinski definition) is 9. The Bertz CT molecular complexity index is 4370.